The van der Waals surface area contributed by atoms with Gasteiger partial charge < -0.3 is 20.6 Å². The normalized spacial score (nSPS) is 20.8. The van der Waals surface area contributed by atoms with E-state index in [-0.39, 0.29) is 23.5 Å². The first-order valence-corrected chi connectivity index (χ1v) is 16.6. The van der Waals surface area contributed by atoms with Crippen LogP contribution in [0.3, 0.4) is 0 Å². The first kappa shape index (κ1) is 28.0. The Bertz CT molecular complexity index is 1630. The second kappa shape index (κ2) is 12.0. The van der Waals surface area contributed by atoms with Gasteiger partial charge in [0.25, 0.3) is 5.91 Å². The Balaban J connectivity index is 1.16. The van der Waals surface area contributed by atoms with Crippen molar-refractivity contribution in [3.8, 4) is 0 Å². The predicted molar refractivity (Wildman–Crippen MR) is 166 cm³/mol. The zero-order valence-corrected chi connectivity index (χ0v) is 25.0. The van der Waals surface area contributed by atoms with Gasteiger partial charge in [0.1, 0.15) is 17.1 Å². The summed E-state index contributed by atoms with van der Waals surface area (Å²) in [5.74, 6) is -1.49. The lowest BCUT2D eigenvalue weighted by Gasteiger charge is -2.49. The molecule has 2 saturated heterocycles. The molecule has 3 aliphatic heterocycles. The maximum atomic E-state index is 12.9. The maximum Gasteiger partial charge on any atom is 0.352 e. The van der Waals surface area contributed by atoms with E-state index < -0.39 is 23.3 Å². The molecule has 2 fully saturated rings. The standard InChI is InChI=1S/C28H26N4O5S4/c33-20-14-23(41-21-12-17(3-4-19(20)21)31-8-6-29-7-9-31)39-11-5-16-15-40-27-24(26(35)32(27)25(16)28(36)37)30-22(34)13-18-2-1-10-38-18/h1-5,10-12,14,24,27,29H,6-9,13,15H2,(H,30,34)(H,36,37)/t24?,27-/m1/s1. The number of aliphatic carboxylic acids is 1. The summed E-state index contributed by atoms with van der Waals surface area (Å²) in [4.78, 5) is 54.8. The van der Waals surface area contributed by atoms with E-state index in [9.17, 15) is 24.3 Å². The Hall–Kier alpha value is -3.10. The Morgan fingerprint density at radius 3 is 2.76 bits per heavy atom. The van der Waals surface area contributed by atoms with Crippen molar-refractivity contribution in [3.63, 3.8) is 0 Å². The maximum absolute atomic E-state index is 12.9. The average molecular weight is 627 g/mol. The van der Waals surface area contributed by atoms with Gasteiger partial charge in [-0.15, -0.1) is 34.4 Å². The third-order valence-corrected chi connectivity index (χ3v) is 11.3. The summed E-state index contributed by atoms with van der Waals surface area (Å²) in [7, 11) is 0. The summed E-state index contributed by atoms with van der Waals surface area (Å²) in [5.41, 5.74) is 1.49. The SMILES string of the molecule is O=C(Cc1cccs1)NC1C(=O)N2C(C(=O)O)=C(C=CSc3cc(=O)c4ccc(N5CCNCC5)cc4s3)CS[C@H]12. The van der Waals surface area contributed by atoms with Crippen LogP contribution in [0.1, 0.15) is 4.88 Å². The number of benzene rings is 1. The number of hydrogen-bond donors (Lipinski definition) is 3. The van der Waals surface area contributed by atoms with Crippen LogP contribution in [0.2, 0.25) is 0 Å². The number of rotatable bonds is 8. The molecule has 0 saturated carbocycles. The van der Waals surface area contributed by atoms with Gasteiger partial charge in [0.05, 0.1) is 10.6 Å². The molecule has 2 atom stereocenters. The smallest absolute Gasteiger partial charge is 0.352 e. The number of thioether (sulfide) groups is 2. The minimum Gasteiger partial charge on any atom is -0.477 e. The van der Waals surface area contributed by atoms with Gasteiger partial charge >= 0.3 is 5.97 Å². The van der Waals surface area contributed by atoms with Crippen LogP contribution in [0.15, 0.2) is 73.5 Å². The van der Waals surface area contributed by atoms with Crippen molar-refractivity contribution >= 4 is 79.8 Å². The number of thiophene rings is 1. The van der Waals surface area contributed by atoms with Crippen molar-refractivity contribution in [1.29, 1.82) is 0 Å². The number of carboxylic acids is 1. The molecule has 0 bridgehead atoms. The molecule has 9 nitrogen and oxygen atoms in total. The van der Waals surface area contributed by atoms with Crippen LogP contribution >= 0.6 is 46.2 Å². The molecule has 3 aliphatic rings. The highest BCUT2D eigenvalue weighted by Crippen LogP contribution is 2.41. The number of nitrogens with zero attached hydrogens (tertiary/aromatic N) is 2. The summed E-state index contributed by atoms with van der Waals surface area (Å²) < 4.78 is 1.70. The van der Waals surface area contributed by atoms with Gasteiger partial charge in [-0.1, -0.05) is 17.8 Å². The summed E-state index contributed by atoms with van der Waals surface area (Å²) in [6.45, 7) is 3.69. The third-order valence-electron chi connectivity index (χ3n) is 7.06. The number of carboxylic acid groups (broad SMARTS) is 1. The number of hydrogen-bond acceptors (Lipinski definition) is 10. The zero-order valence-electron chi connectivity index (χ0n) is 21.7. The topological polar surface area (TPSA) is 119 Å². The molecule has 0 spiro atoms. The van der Waals surface area contributed by atoms with Crippen LogP contribution in [0, 0.1) is 0 Å². The molecule has 3 N–H and O–H groups in total. The molecule has 1 aromatic carbocycles. The molecule has 3 aromatic rings. The van der Waals surface area contributed by atoms with E-state index in [0.717, 1.165) is 45.7 Å². The number of allylic oxidation sites excluding steroid dienone is 1. The minimum absolute atomic E-state index is 0.0543. The van der Waals surface area contributed by atoms with Crippen LogP contribution in [-0.2, 0) is 20.8 Å². The van der Waals surface area contributed by atoms with Crippen molar-refractivity contribution in [2.24, 2.45) is 0 Å². The first-order valence-electron chi connectivity index (χ1n) is 13.0. The Morgan fingerprint density at radius 1 is 1.17 bits per heavy atom. The molecule has 0 radical (unpaired) electrons. The fourth-order valence-corrected chi connectivity index (χ4v) is 9.08. The molecule has 2 amide bonds. The van der Waals surface area contributed by atoms with E-state index in [1.54, 1.807) is 17.6 Å². The van der Waals surface area contributed by atoms with Crippen LogP contribution in [-0.4, -0.2) is 71.1 Å². The monoisotopic (exact) mass is 626 g/mol. The molecular formula is C28H26N4O5S4. The molecule has 2 aromatic heterocycles. The summed E-state index contributed by atoms with van der Waals surface area (Å²) in [6.07, 6.45) is 1.88. The minimum atomic E-state index is -1.19. The lowest BCUT2D eigenvalue weighted by Crippen LogP contribution is -2.70. The van der Waals surface area contributed by atoms with Gasteiger partial charge in [-0.3, -0.25) is 19.3 Å². The van der Waals surface area contributed by atoms with E-state index >= 15 is 0 Å². The Kier molecular flexibility index (Phi) is 8.22. The fourth-order valence-electron chi connectivity index (χ4n) is 5.05. The van der Waals surface area contributed by atoms with E-state index in [2.05, 4.69) is 21.6 Å². The molecule has 1 unspecified atom stereocenters. The van der Waals surface area contributed by atoms with E-state index in [0.29, 0.717) is 16.7 Å². The number of fused-ring (bicyclic) bond motifs is 2. The number of nitrogens with one attached hydrogen (secondary N) is 2. The molecule has 6 rings (SSSR count). The van der Waals surface area contributed by atoms with Crippen molar-refractivity contribution in [2.45, 2.75) is 22.0 Å². The molecular weight excluding hydrogens is 601 g/mol. The van der Waals surface area contributed by atoms with Gasteiger partial charge in [-0.25, -0.2) is 4.79 Å². The number of carbonyl (C=O) groups excluding carboxylic acids is 2. The number of amides is 2. The van der Waals surface area contributed by atoms with Crippen molar-refractivity contribution in [3.05, 3.63) is 79.6 Å². The van der Waals surface area contributed by atoms with E-state index in [4.69, 9.17) is 0 Å². The lowest BCUT2D eigenvalue weighted by molar-refractivity contribution is -0.150. The average Bonchev–Trinajstić information content (AvgIpc) is 3.48. The van der Waals surface area contributed by atoms with Gasteiger partial charge in [0.15, 0.2) is 5.43 Å². The zero-order chi connectivity index (χ0) is 28.5. The van der Waals surface area contributed by atoms with Crippen LogP contribution in [0.5, 0.6) is 0 Å². The number of anilines is 1. The lowest BCUT2D eigenvalue weighted by atomic mass is 10.0. The van der Waals surface area contributed by atoms with Crippen molar-refractivity contribution < 1.29 is 19.5 Å². The highest BCUT2D eigenvalue weighted by atomic mass is 32.2. The highest BCUT2D eigenvalue weighted by molar-refractivity contribution is 8.04. The number of β-lactam (4-membered cyclic amide) rings is 1. The number of piperazine rings is 1. The summed E-state index contributed by atoms with van der Waals surface area (Å²) in [6, 6.07) is 10.5. The predicted octanol–water partition coefficient (Wildman–Crippen LogP) is 3.32. The second-order valence-corrected chi connectivity index (χ2v) is 14.1. The summed E-state index contributed by atoms with van der Waals surface area (Å²) >= 11 is 5.76. The molecule has 212 valence electrons. The Morgan fingerprint density at radius 2 is 2.00 bits per heavy atom. The van der Waals surface area contributed by atoms with Crippen LogP contribution < -0.4 is 21.0 Å². The third kappa shape index (κ3) is 5.82. The highest BCUT2D eigenvalue weighted by Gasteiger charge is 2.53. The largest absolute Gasteiger partial charge is 0.477 e. The molecule has 13 heteroatoms. The molecule has 0 aliphatic carbocycles. The first-order chi connectivity index (χ1) is 19.9. The quantitative estimate of drug-likeness (QED) is 0.256. The van der Waals surface area contributed by atoms with E-state index in [1.165, 1.54) is 51.1 Å². The van der Waals surface area contributed by atoms with Crippen molar-refractivity contribution in [2.75, 3.05) is 36.8 Å². The van der Waals surface area contributed by atoms with Gasteiger partial charge in [-0.2, -0.15) is 0 Å². The van der Waals surface area contributed by atoms with Gasteiger partial charge in [0.2, 0.25) is 5.91 Å². The molecule has 5 heterocycles. The molecule has 41 heavy (non-hydrogen) atoms. The fraction of sp³-hybridized carbons (Fsp3) is 0.286. The van der Waals surface area contributed by atoms with Gasteiger partial charge in [-0.05, 0) is 46.7 Å². The summed E-state index contributed by atoms with van der Waals surface area (Å²) in [5, 5.41) is 20.0. The second-order valence-electron chi connectivity index (χ2n) is 9.66. The van der Waals surface area contributed by atoms with Crippen molar-refractivity contribution in [1.82, 2.24) is 15.5 Å². The van der Waals surface area contributed by atoms with Gasteiger partial charge in [0, 0.05) is 58.6 Å². The Labute approximate surface area is 252 Å². The number of carbonyl (C=O) groups is 3. The van der Waals surface area contributed by atoms with Crippen LogP contribution in [0.25, 0.3) is 10.1 Å². The van der Waals surface area contributed by atoms with E-state index in [1.807, 2.05) is 29.6 Å². The van der Waals surface area contributed by atoms with Crippen LogP contribution in [0.4, 0.5) is 5.69 Å².